The third kappa shape index (κ3) is 2.12. The summed E-state index contributed by atoms with van der Waals surface area (Å²) in [5.74, 6) is 0.473. The molecule has 0 N–H and O–H groups in total. The maximum atomic E-state index is 13.8. The Hall–Kier alpha value is -1.09. The summed E-state index contributed by atoms with van der Waals surface area (Å²) in [7, 11) is 0. The maximum Gasteiger partial charge on any atom is 0.151 e. The topological polar surface area (TPSA) is 17.8 Å². The van der Waals surface area contributed by atoms with Gasteiger partial charge >= 0.3 is 0 Å². The summed E-state index contributed by atoms with van der Waals surface area (Å²) in [5.41, 5.74) is 1.26. The van der Waals surface area contributed by atoms with Crippen molar-refractivity contribution in [3.8, 4) is 0 Å². The second kappa shape index (κ2) is 5.27. The monoisotopic (exact) mass is 268 g/mol. The molecule has 18 heavy (non-hydrogen) atoms. The molecule has 0 saturated heterocycles. The second-order valence-corrected chi connectivity index (χ2v) is 5.19. The van der Waals surface area contributed by atoms with E-state index in [1.165, 1.54) is 6.07 Å². The summed E-state index contributed by atoms with van der Waals surface area (Å²) in [4.78, 5) is 4.38. The van der Waals surface area contributed by atoms with E-state index in [9.17, 15) is 4.39 Å². The molecule has 98 valence electrons. The molecule has 1 atom stereocenters. The number of aromatic nitrogens is 2. The zero-order valence-electron chi connectivity index (χ0n) is 11.0. The second-order valence-electron chi connectivity index (χ2n) is 4.53. The summed E-state index contributed by atoms with van der Waals surface area (Å²) >= 11 is 6.18. The lowest BCUT2D eigenvalue weighted by Crippen LogP contribution is -2.11. The summed E-state index contributed by atoms with van der Waals surface area (Å²) in [6.07, 6.45) is 1.96. The Morgan fingerprint density at radius 2 is 2.00 bits per heavy atom. The molecule has 1 unspecified atom stereocenters. The number of benzene rings is 1. The number of hydrogen-bond donors (Lipinski definition) is 0. The van der Waals surface area contributed by atoms with Gasteiger partial charge in [0.1, 0.15) is 11.3 Å². The van der Waals surface area contributed by atoms with Gasteiger partial charge in [0.25, 0.3) is 0 Å². The number of hydrogen-bond acceptors (Lipinski definition) is 1. The lowest BCUT2D eigenvalue weighted by Gasteiger charge is -2.19. The Labute approximate surface area is 112 Å². The third-order valence-electron chi connectivity index (χ3n) is 3.36. The number of para-hydroxylation sites is 1. The first-order valence-electron chi connectivity index (χ1n) is 6.40. The fourth-order valence-corrected chi connectivity index (χ4v) is 2.57. The van der Waals surface area contributed by atoms with Crippen molar-refractivity contribution in [2.45, 2.75) is 45.0 Å². The molecule has 0 bridgehead atoms. The minimum atomic E-state index is -0.282. The zero-order valence-corrected chi connectivity index (χ0v) is 11.7. The molecule has 2 aromatic rings. The van der Waals surface area contributed by atoms with Crippen LogP contribution < -0.4 is 0 Å². The summed E-state index contributed by atoms with van der Waals surface area (Å²) < 4.78 is 15.9. The van der Waals surface area contributed by atoms with E-state index >= 15 is 0 Å². The molecule has 0 amide bonds. The van der Waals surface area contributed by atoms with Gasteiger partial charge in [-0.2, -0.15) is 0 Å². The van der Waals surface area contributed by atoms with Crippen molar-refractivity contribution in [2.75, 3.05) is 0 Å². The fourth-order valence-electron chi connectivity index (χ4n) is 2.42. The Kier molecular flexibility index (Phi) is 3.91. The van der Waals surface area contributed by atoms with Crippen molar-refractivity contribution in [2.24, 2.45) is 0 Å². The molecular formula is C14H18ClFN2. The molecule has 0 spiro atoms. The Morgan fingerprint density at radius 1 is 1.33 bits per heavy atom. The highest BCUT2D eigenvalue weighted by atomic mass is 35.5. The number of halogens is 2. The van der Waals surface area contributed by atoms with E-state index in [2.05, 4.69) is 23.4 Å². The van der Waals surface area contributed by atoms with Gasteiger partial charge in [0.05, 0.1) is 10.9 Å². The largest absolute Gasteiger partial charge is 0.324 e. The zero-order chi connectivity index (χ0) is 13.3. The van der Waals surface area contributed by atoms with Crippen LogP contribution in [-0.2, 0) is 0 Å². The smallest absolute Gasteiger partial charge is 0.151 e. The molecule has 0 saturated carbocycles. The van der Waals surface area contributed by atoms with Gasteiger partial charge in [-0.05, 0) is 31.9 Å². The van der Waals surface area contributed by atoms with Crippen molar-refractivity contribution in [1.82, 2.24) is 9.55 Å². The minimum absolute atomic E-state index is 0.225. The number of rotatable bonds is 4. The first-order chi connectivity index (χ1) is 8.60. The standard InChI is InChI=1S/C14H18ClFN2/c1-4-10(5-2)18-12-8-6-7-11(16)13(12)17-14(18)9(3)15/h6-10H,4-5H2,1-3H3. The van der Waals surface area contributed by atoms with E-state index in [1.54, 1.807) is 6.07 Å². The summed E-state index contributed by atoms with van der Waals surface area (Å²) in [6.45, 7) is 6.13. The van der Waals surface area contributed by atoms with Crippen LogP contribution in [0, 0.1) is 5.82 Å². The Bertz CT molecular complexity index is 544. The molecule has 2 nitrogen and oxygen atoms in total. The summed E-state index contributed by atoms with van der Waals surface area (Å²) in [6, 6.07) is 5.39. The normalized spacial score (nSPS) is 13.4. The highest BCUT2D eigenvalue weighted by Crippen LogP contribution is 2.31. The molecule has 2 rings (SSSR count). The SMILES string of the molecule is CCC(CC)n1c(C(C)Cl)nc2c(F)cccc21. The van der Waals surface area contributed by atoms with E-state index in [-0.39, 0.29) is 11.2 Å². The van der Waals surface area contributed by atoms with Crippen LogP contribution in [0.15, 0.2) is 18.2 Å². The molecule has 0 aliphatic rings. The fraction of sp³-hybridized carbons (Fsp3) is 0.500. The number of nitrogens with zero attached hydrogens (tertiary/aromatic N) is 2. The van der Waals surface area contributed by atoms with Crippen molar-refractivity contribution < 1.29 is 4.39 Å². The van der Waals surface area contributed by atoms with E-state index < -0.39 is 0 Å². The predicted molar refractivity (Wildman–Crippen MR) is 73.6 cm³/mol. The van der Waals surface area contributed by atoms with E-state index in [0.717, 1.165) is 24.2 Å². The average Bonchev–Trinajstić information content (AvgIpc) is 2.72. The maximum absolute atomic E-state index is 13.8. The van der Waals surface area contributed by atoms with Crippen LogP contribution in [-0.4, -0.2) is 9.55 Å². The molecule has 0 radical (unpaired) electrons. The van der Waals surface area contributed by atoms with Crippen LogP contribution >= 0.6 is 11.6 Å². The quantitative estimate of drug-likeness (QED) is 0.726. The lowest BCUT2D eigenvalue weighted by molar-refractivity contribution is 0.466. The van der Waals surface area contributed by atoms with Crippen molar-refractivity contribution in [3.05, 3.63) is 29.8 Å². The minimum Gasteiger partial charge on any atom is -0.324 e. The van der Waals surface area contributed by atoms with Crippen LogP contribution in [0.1, 0.15) is 50.9 Å². The highest BCUT2D eigenvalue weighted by molar-refractivity contribution is 6.20. The van der Waals surface area contributed by atoms with Crippen LogP contribution in [0.25, 0.3) is 11.0 Å². The van der Waals surface area contributed by atoms with E-state index in [4.69, 9.17) is 11.6 Å². The van der Waals surface area contributed by atoms with Crippen LogP contribution in [0.3, 0.4) is 0 Å². The first kappa shape index (κ1) is 13.3. The number of imidazole rings is 1. The van der Waals surface area contributed by atoms with Gasteiger partial charge in [-0.25, -0.2) is 9.37 Å². The van der Waals surface area contributed by atoms with Gasteiger partial charge in [0, 0.05) is 6.04 Å². The van der Waals surface area contributed by atoms with Crippen LogP contribution in [0.2, 0.25) is 0 Å². The molecule has 1 heterocycles. The molecule has 0 aliphatic heterocycles. The van der Waals surface area contributed by atoms with Gasteiger partial charge in [-0.3, -0.25) is 0 Å². The van der Waals surface area contributed by atoms with Gasteiger partial charge in [0.15, 0.2) is 5.82 Å². The molecule has 1 aromatic carbocycles. The third-order valence-corrected chi connectivity index (χ3v) is 3.56. The van der Waals surface area contributed by atoms with Crippen LogP contribution in [0.4, 0.5) is 4.39 Å². The molecule has 4 heteroatoms. The highest BCUT2D eigenvalue weighted by Gasteiger charge is 2.21. The van der Waals surface area contributed by atoms with E-state index in [0.29, 0.717) is 11.6 Å². The average molecular weight is 269 g/mol. The molecule has 0 fully saturated rings. The molecular weight excluding hydrogens is 251 g/mol. The predicted octanol–water partition coefficient (Wildman–Crippen LogP) is 4.84. The lowest BCUT2D eigenvalue weighted by atomic mass is 10.1. The Balaban J connectivity index is 2.74. The molecule has 1 aromatic heterocycles. The number of fused-ring (bicyclic) bond motifs is 1. The van der Waals surface area contributed by atoms with Gasteiger partial charge < -0.3 is 4.57 Å². The summed E-state index contributed by atoms with van der Waals surface area (Å²) in [5, 5.41) is -0.225. The van der Waals surface area contributed by atoms with E-state index in [1.807, 2.05) is 13.0 Å². The van der Waals surface area contributed by atoms with Crippen molar-refractivity contribution in [3.63, 3.8) is 0 Å². The van der Waals surface area contributed by atoms with Crippen LogP contribution in [0.5, 0.6) is 0 Å². The number of alkyl halides is 1. The molecule has 0 aliphatic carbocycles. The van der Waals surface area contributed by atoms with Gasteiger partial charge in [0.2, 0.25) is 0 Å². The van der Waals surface area contributed by atoms with Gasteiger partial charge in [-0.1, -0.05) is 19.9 Å². The van der Waals surface area contributed by atoms with Gasteiger partial charge in [-0.15, -0.1) is 11.6 Å². The van der Waals surface area contributed by atoms with Crippen molar-refractivity contribution >= 4 is 22.6 Å². The first-order valence-corrected chi connectivity index (χ1v) is 6.84. The Morgan fingerprint density at radius 3 is 2.56 bits per heavy atom. The van der Waals surface area contributed by atoms with Crippen molar-refractivity contribution in [1.29, 1.82) is 0 Å².